The molecular weight excluding hydrogens is 152 g/mol. The molecule has 1 aromatic heterocycles. The molecule has 0 aliphatic heterocycles. The first-order valence-electron chi connectivity index (χ1n) is 4.38. The SMILES string of the molecule is CC.CC(C)OCc1cnc[nH]1. The quantitative estimate of drug-likeness (QED) is 0.756. The van der Waals surface area contributed by atoms with Crippen LogP contribution in [0.5, 0.6) is 0 Å². The van der Waals surface area contributed by atoms with E-state index in [9.17, 15) is 0 Å². The van der Waals surface area contributed by atoms with Gasteiger partial charge < -0.3 is 9.72 Å². The topological polar surface area (TPSA) is 37.9 Å². The second kappa shape index (κ2) is 6.85. The molecule has 0 fully saturated rings. The van der Waals surface area contributed by atoms with E-state index in [4.69, 9.17) is 4.74 Å². The molecule has 0 aromatic carbocycles. The van der Waals surface area contributed by atoms with Crippen LogP contribution >= 0.6 is 0 Å². The van der Waals surface area contributed by atoms with Gasteiger partial charge in [0.25, 0.3) is 0 Å². The summed E-state index contributed by atoms with van der Waals surface area (Å²) < 4.78 is 5.31. The Bertz CT molecular complexity index is 171. The Morgan fingerprint density at radius 1 is 1.50 bits per heavy atom. The van der Waals surface area contributed by atoms with Crippen molar-refractivity contribution >= 4 is 0 Å². The fraction of sp³-hybridized carbons (Fsp3) is 0.667. The fourth-order valence-electron chi connectivity index (χ4n) is 0.620. The van der Waals surface area contributed by atoms with E-state index in [1.54, 1.807) is 12.5 Å². The summed E-state index contributed by atoms with van der Waals surface area (Å²) in [6, 6.07) is 0. The van der Waals surface area contributed by atoms with Crippen LogP contribution in [-0.4, -0.2) is 16.1 Å². The number of hydrogen-bond acceptors (Lipinski definition) is 2. The molecule has 1 N–H and O–H groups in total. The maximum absolute atomic E-state index is 5.31. The molecule has 0 spiro atoms. The van der Waals surface area contributed by atoms with Gasteiger partial charge in [0.1, 0.15) is 0 Å². The van der Waals surface area contributed by atoms with Crippen molar-refractivity contribution in [3.8, 4) is 0 Å². The van der Waals surface area contributed by atoms with E-state index in [2.05, 4.69) is 9.97 Å². The third-order valence-corrected chi connectivity index (χ3v) is 1.13. The number of ether oxygens (including phenoxy) is 1. The summed E-state index contributed by atoms with van der Waals surface area (Å²) in [5, 5.41) is 0. The number of rotatable bonds is 3. The summed E-state index contributed by atoms with van der Waals surface area (Å²) in [6.07, 6.45) is 3.70. The highest BCUT2D eigenvalue weighted by Gasteiger charge is 1.95. The fourth-order valence-corrected chi connectivity index (χ4v) is 0.620. The van der Waals surface area contributed by atoms with E-state index in [0.29, 0.717) is 6.61 Å². The molecule has 3 heteroatoms. The van der Waals surface area contributed by atoms with E-state index in [1.165, 1.54) is 0 Å². The standard InChI is InChI=1S/C7H12N2O.C2H6/c1-6(2)10-4-7-3-8-5-9-7;1-2/h3,5-6H,4H2,1-2H3,(H,8,9);1-2H3. The van der Waals surface area contributed by atoms with Crippen molar-refractivity contribution in [3.05, 3.63) is 18.2 Å². The average molecular weight is 170 g/mol. The van der Waals surface area contributed by atoms with E-state index in [-0.39, 0.29) is 6.10 Å². The zero-order valence-electron chi connectivity index (χ0n) is 8.29. The Balaban J connectivity index is 0.000000561. The van der Waals surface area contributed by atoms with Crippen LogP contribution < -0.4 is 0 Å². The first-order chi connectivity index (χ1) is 5.79. The zero-order valence-corrected chi connectivity index (χ0v) is 8.29. The minimum Gasteiger partial charge on any atom is -0.373 e. The van der Waals surface area contributed by atoms with Crippen LogP contribution in [0.25, 0.3) is 0 Å². The van der Waals surface area contributed by atoms with Crippen molar-refractivity contribution in [2.45, 2.75) is 40.4 Å². The van der Waals surface area contributed by atoms with Crippen LogP contribution in [0, 0.1) is 0 Å². The van der Waals surface area contributed by atoms with E-state index < -0.39 is 0 Å². The Morgan fingerprint density at radius 3 is 2.58 bits per heavy atom. The molecule has 1 heterocycles. The second-order valence-corrected chi connectivity index (χ2v) is 2.44. The van der Waals surface area contributed by atoms with Gasteiger partial charge in [-0.25, -0.2) is 4.98 Å². The molecule has 12 heavy (non-hydrogen) atoms. The number of aromatic nitrogens is 2. The lowest BCUT2D eigenvalue weighted by Crippen LogP contribution is -2.02. The molecule has 0 unspecified atom stereocenters. The van der Waals surface area contributed by atoms with Crippen LogP contribution in [0.4, 0.5) is 0 Å². The Morgan fingerprint density at radius 2 is 2.17 bits per heavy atom. The van der Waals surface area contributed by atoms with E-state index in [0.717, 1.165) is 5.69 Å². The minimum absolute atomic E-state index is 0.281. The van der Waals surface area contributed by atoms with Gasteiger partial charge >= 0.3 is 0 Å². The minimum atomic E-state index is 0.281. The van der Waals surface area contributed by atoms with Crippen LogP contribution in [0.3, 0.4) is 0 Å². The highest BCUT2D eigenvalue weighted by Crippen LogP contribution is 1.97. The van der Waals surface area contributed by atoms with Gasteiger partial charge in [-0.2, -0.15) is 0 Å². The molecule has 1 rings (SSSR count). The molecule has 0 radical (unpaired) electrons. The molecule has 0 atom stereocenters. The molecule has 0 bridgehead atoms. The van der Waals surface area contributed by atoms with Crippen LogP contribution in [-0.2, 0) is 11.3 Å². The van der Waals surface area contributed by atoms with Gasteiger partial charge in [0.2, 0.25) is 0 Å². The van der Waals surface area contributed by atoms with Crippen molar-refractivity contribution < 1.29 is 4.74 Å². The Hall–Kier alpha value is -0.830. The molecular formula is C9H18N2O. The molecule has 3 nitrogen and oxygen atoms in total. The van der Waals surface area contributed by atoms with Gasteiger partial charge in [-0.1, -0.05) is 13.8 Å². The highest BCUT2D eigenvalue weighted by molar-refractivity contribution is 4.91. The molecule has 0 aliphatic rings. The van der Waals surface area contributed by atoms with Gasteiger partial charge in [0.05, 0.1) is 30.9 Å². The van der Waals surface area contributed by atoms with Crippen molar-refractivity contribution in [2.24, 2.45) is 0 Å². The normalized spacial score (nSPS) is 9.42. The van der Waals surface area contributed by atoms with Crippen molar-refractivity contribution in [2.75, 3.05) is 0 Å². The number of aromatic amines is 1. The lowest BCUT2D eigenvalue weighted by Gasteiger charge is -2.04. The molecule has 70 valence electrons. The number of imidazole rings is 1. The lowest BCUT2D eigenvalue weighted by molar-refractivity contribution is 0.0638. The summed E-state index contributed by atoms with van der Waals surface area (Å²) >= 11 is 0. The van der Waals surface area contributed by atoms with E-state index >= 15 is 0 Å². The summed E-state index contributed by atoms with van der Waals surface area (Å²) in [6.45, 7) is 8.64. The zero-order chi connectivity index (χ0) is 9.40. The Kier molecular flexibility index (Phi) is 6.38. The third kappa shape index (κ3) is 4.91. The average Bonchev–Trinajstić information content (AvgIpc) is 2.56. The van der Waals surface area contributed by atoms with Gasteiger partial charge in [-0.05, 0) is 13.8 Å². The molecule has 0 saturated heterocycles. The lowest BCUT2D eigenvalue weighted by atomic mass is 10.4. The Labute approximate surface area is 74.2 Å². The first-order valence-corrected chi connectivity index (χ1v) is 4.38. The van der Waals surface area contributed by atoms with Gasteiger partial charge in [0, 0.05) is 0 Å². The van der Waals surface area contributed by atoms with E-state index in [1.807, 2.05) is 27.7 Å². The predicted octanol–water partition coefficient (Wildman–Crippen LogP) is 2.36. The van der Waals surface area contributed by atoms with Gasteiger partial charge in [-0.3, -0.25) is 0 Å². The van der Waals surface area contributed by atoms with Gasteiger partial charge in [0.15, 0.2) is 0 Å². The molecule has 1 aromatic rings. The monoisotopic (exact) mass is 170 g/mol. The summed E-state index contributed by atoms with van der Waals surface area (Å²) in [5.74, 6) is 0. The predicted molar refractivity (Wildman–Crippen MR) is 49.9 cm³/mol. The molecule has 0 saturated carbocycles. The smallest absolute Gasteiger partial charge is 0.0922 e. The number of H-pyrrole nitrogens is 1. The van der Waals surface area contributed by atoms with Crippen molar-refractivity contribution in [3.63, 3.8) is 0 Å². The van der Waals surface area contributed by atoms with Crippen LogP contribution in [0.2, 0.25) is 0 Å². The maximum Gasteiger partial charge on any atom is 0.0922 e. The number of nitrogens with zero attached hydrogens (tertiary/aromatic N) is 1. The molecule has 0 amide bonds. The summed E-state index contributed by atoms with van der Waals surface area (Å²) in [4.78, 5) is 6.82. The molecule has 0 aliphatic carbocycles. The maximum atomic E-state index is 5.31. The highest BCUT2D eigenvalue weighted by atomic mass is 16.5. The van der Waals surface area contributed by atoms with Crippen molar-refractivity contribution in [1.82, 2.24) is 9.97 Å². The van der Waals surface area contributed by atoms with Gasteiger partial charge in [-0.15, -0.1) is 0 Å². The largest absolute Gasteiger partial charge is 0.373 e. The summed E-state index contributed by atoms with van der Waals surface area (Å²) in [5.41, 5.74) is 1.02. The van der Waals surface area contributed by atoms with Crippen molar-refractivity contribution in [1.29, 1.82) is 0 Å². The van der Waals surface area contributed by atoms with Crippen LogP contribution in [0.15, 0.2) is 12.5 Å². The third-order valence-electron chi connectivity index (χ3n) is 1.13. The number of hydrogen-bond donors (Lipinski definition) is 1. The first kappa shape index (κ1) is 11.2. The summed E-state index contributed by atoms with van der Waals surface area (Å²) in [7, 11) is 0. The number of nitrogens with one attached hydrogen (secondary N) is 1. The second-order valence-electron chi connectivity index (χ2n) is 2.44. The van der Waals surface area contributed by atoms with Crippen LogP contribution in [0.1, 0.15) is 33.4 Å².